The molecule has 0 radical (unpaired) electrons. The molecular formula is C40H43N3O14. The van der Waals surface area contributed by atoms with E-state index in [0.29, 0.717) is 11.1 Å². The molecule has 302 valence electrons. The minimum atomic E-state index is -1.71. The van der Waals surface area contributed by atoms with E-state index in [-0.39, 0.29) is 37.4 Å². The molecule has 3 aromatic carbocycles. The number of azide groups is 1. The van der Waals surface area contributed by atoms with Gasteiger partial charge in [0.1, 0.15) is 36.2 Å². The summed E-state index contributed by atoms with van der Waals surface area (Å²) >= 11 is 0. The van der Waals surface area contributed by atoms with Crippen LogP contribution in [0, 0.1) is 0 Å². The monoisotopic (exact) mass is 789 g/mol. The van der Waals surface area contributed by atoms with Crippen LogP contribution < -0.4 is 0 Å². The van der Waals surface area contributed by atoms with Gasteiger partial charge in [-0.1, -0.05) is 84.0 Å². The third-order valence-electron chi connectivity index (χ3n) is 9.50. The fourth-order valence-electron chi connectivity index (χ4n) is 6.72. The Bertz CT molecular complexity index is 1860. The summed E-state index contributed by atoms with van der Waals surface area (Å²) in [5, 5.41) is 3.96. The zero-order valence-electron chi connectivity index (χ0n) is 31.4. The Labute approximate surface area is 327 Å². The van der Waals surface area contributed by atoms with Crippen LogP contribution in [0.1, 0.15) is 47.5 Å². The third-order valence-corrected chi connectivity index (χ3v) is 9.50. The fourth-order valence-corrected chi connectivity index (χ4v) is 6.72. The van der Waals surface area contributed by atoms with Crippen LogP contribution in [0.5, 0.6) is 0 Å². The van der Waals surface area contributed by atoms with E-state index >= 15 is 0 Å². The molecule has 3 saturated heterocycles. The molecule has 3 aromatic rings. The predicted octanol–water partition coefficient (Wildman–Crippen LogP) is 4.53. The van der Waals surface area contributed by atoms with Gasteiger partial charge in [0, 0.05) is 24.0 Å². The molecule has 11 atom stereocenters. The summed E-state index contributed by atoms with van der Waals surface area (Å²) in [7, 11) is 2.47. The number of Topliss-reactive ketones (excluding diaryl/α,β-unsaturated/α-hetero) is 1. The van der Waals surface area contributed by atoms with Crippen LogP contribution in [0.4, 0.5) is 0 Å². The highest BCUT2D eigenvalue weighted by atomic mass is 16.8. The summed E-state index contributed by atoms with van der Waals surface area (Å²) in [6.45, 7) is 1.22. The van der Waals surface area contributed by atoms with E-state index in [4.69, 9.17) is 47.4 Å². The maximum atomic E-state index is 13.9. The van der Waals surface area contributed by atoms with Crippen LogP contribution in [0.3, 0.4) is 0 Å². The van der Waals surface area contributed by atoms with E-state index in [2.05, 4.69) is 10.0 Å². The normalized spacial score (nSPS) is 29.5. The van der Waals surface area contributed by atoms with E-state index in [0.717, 1.165) is 7.11 Å². The van der Waals surface area contributed by atoms with Crippen molar-refractivity contribution in [2.45, 2.75) is 94.0 Å². The number of nitrogens with zero attached hydrogens (tertiary/aromatic N) is 3. The molecule has 0 spiro atoms. The van der Waals surface area contributed by atoms with Gasteiger partial charge in [0.15, 0.2) is 37.2 Å². The second kappa shape index (κ2) is 19.8. The van der Waals surface area contributed by atoms with Gasteiger partial charge in [-0.05, 0) is 30.2 Å². The average Bonchev–Trinajstić information content (AvgIpc) is 3.24. The Morgan fingerprint density at radius 3 is 2.12 bits per heavy atom. The lowest BCUT2D eigenvalue weighted by Crippen LogP contribution is -2.67. The molecule has 3 aliphatic rings. The van der Waals surface area contributed by atoms with Crippen molar-refractivity contribution in [3.63, 3.8) is 0 Å². The first-order valence-corrected chi connectivity index (χ1v) is 18.2. The van der Waals surface area contributed by atoms with E-state index in [1.807, 2.05) is 36.4 Å². The van der Waals surface area contributed by atoms with Crippen LogP contribution in [0.25, 0.3) is 10.4 Å². The Kier molecular flexibility index (Phi) is 14.4. The van der Waals surface area contributed by atoms with Crippen LogP contribution >= 0.6 is 0 Å². The van der Waals surface area contributed by atoms with Crippen molar-refractivity contribution < 1.29 is 66.5 Å². The quantitative estimate of drug-likeness (QED) is 0.0682. The van der Waals surface area contributed by atoms with Gasteiger partial charge in [0.2, 0.25) is 0 Å². The van der Waals surface area contributed by atoms with Crippen molar-refractivity contribution in [2.75, 3.05) is 20.8 Å². The lowest BCUT2D eigenvalue weighted by atomic mass is 9.94. The third kappa shape index (κ3) is 10.2. The molecule has 0 aromatic heterocycles. The molecular weight excluding hydrogens is 746 g/mol. The number of ketones is 1. The van der Waals surface area contributed by atoms with Crippen molar-refractivity contribution >= 4 is 23.7 Å². The largest absolute Gasteiger partial charge is 0.467 e. The molecule has 57 heavy (non-hydrogen) atoms. The molecule has 0 N–H and O–H groups in total. The van der Waals surface area contributed by atoms with Gasteiger partial charge in [0.25, 0.3) is 0 Å². The van der Waals surface area contributed by atoms with Crippen molar-refractivity contribution in [3.05, 3.63) is 118 Å². The first-order valence-electron chi connectivity index (χ1n) is 18.2. The highest BCUT2D eigenvalue weighted by molar-refractivity contribution is 5.89. The minimum absolute atomic E-state index is 0.0107. The number of methoxy groups -OCH3 is 2. The molecule has 17 heteroatoms. The molecule has 0 saturated carbocycles. The minimum Gasteiger partial charge on any atom is -0.467 e. The van der Waals surface area contributed by atoms with Crippen molar-refractivity contribution in [2.24, 2.45) is 5.11 Å². The van der Waals surface area contributed by atoms with Gasteiger partial charge >= 0.3 is 17.9 Å². The standard InChI is InChI=1S/C40H43N3O14/c1-23(44)19-20-28(45)53-33-32(50-21-24-13-7-4-8-14-24)35(54-36(46)25-15-9-5-10-16-25)40(57-34(33)37(47)48-2)56-31-29(42-43-41)39(49-3)52-27-22-51-38(55-30(27)31)26-17-11-6-12-18-26/h4-18,27,29-35,38-40H,19-22H2,1-3H3/t27-,29-,30+,31-,32+,33+,34-,35-,38?,39-,40-/m1/s1. The maximum Gasteiger partial charge on any atom is 0.339 e. The number of ether oxygens (including phenoxy) is 10. The lowest BCUT2D eigenvalue weighted by Gasteiger charge is -2.50. The van der Waals surface area contributed by atoms with E-state index < -0.39 is 85.5 Å². The molecule has 0 bridgehead atoms. The first-order chi connectivity index (χ1) is 27.7. The van der Waals surface area contributed by atoms with Crippen LogP contribution in [0.2, 0.25) is 0 Å². The number of fused-ring (bicyclic) bond motifs is 1. The summed E-state index contributed by atoms with van der Waals surface area (Å²) in [6, 6.07) is 24.9. The Morgan fingerprint density at radius 2 is 1.47 bits per heavy atom. The van der Waals surface area contributed by atoms with Gasteiger partial charge in [-0.25, -0.2) is 9.59 Å². The molecule has 1 unspecified atom stereocenters. The van der Waals surface area contributed by atoms with Crippen LogP contribution in [-0.2, 0) is 68.4 Å². The van der Waals surface area contributed by atoms with E-state index in [1.165, 1.54) is 26.2 Å². The number of carbonyl (C=O) groups is 4. The van der Waals surface area contributed by atoms with Gasteiger partial charge < -0.3 is 52.2 Å². The summed E-state index contributed by atoms with van der Waals surface area (Å²) in [4.78, 5) is 55.5. The van der Waals surface area contributed by atoms with Gasteiger partial charge in [-0.2, -0.15) is 0 Å². The smallest absolute Gasteiger partial charge is 0.339 e. The van der Waals surface area contributed by atoms with Gasteiger partial charge in [0.05, 0.1) is 32.3 Å². The highest BCUT2D eigenvalue weighted by Gasteiger charge is 2.58. The van der Waals surface area contributed by atoms with Gasteiger partial charge in [-0.15, -0.1) is 0 Å². The SMILES string of the molecule is COC(=O)[C@@H]1O[C@@H](O[C@@H]2[C@@H](N=[N+]=[N-])[C@H](OC)O[C@@H]3COC(c4ccccc4)O[C@H]23)[C@H](OC(=O)c2ccccc2)[C@@H](OCc2ccccc2)[C@@H]1OC(=O)CCC(C)=O. The number of hydrogen-bond acceptors (Lipinski definition) is 15. The summed E-state index contributed by atoms with van der Waals surface area (Å²) in [5.74, 6) is -2.93. The van der Waals surface area contributed by atoms with Crippen molar-refractivity contribution in [1.29, 1.82) is 0 Å². The van der Waals surface area contributed by atoms with E-state index in [9.17, 15) is 24.7 Å². The summed E-state index contributed by atoms with van der Waals surface area (Å²) in [5.41, 5.74) is 11.2. The topological polar surface area (TPSA) is 209 Å². The van der Waals surface area contributed by atoms with E-state index in [1.54, 1.807) is 42.5 Å². The average molecular weight is 790 g/mol. The Morgan fingerprint density at radius 1 is 0.789 bits per heavy atom. The summed E-state index contributed by atoms with van der Waals surface area (Å²) < 4.78 is 60.7. The number of hydrogen-bond donors (Lipinski definition) is 0. The molecule has 0 amide bonds. The maximum absolute atomic E-state index is 13.9. The first kappa shape index (κ1) is 41.4. The van der Waals surface area contributed by atoms with Crippen molar-refractivity contribution in [3.8, 4) is 0 Å². The number of rotatable bonds is 15. The summed E-state index contributed by atoms with van der Waals surface area (Å²) in [6.07, 6.45) is -13.6. The molecule has 3 fully saturated rings. The molecule has 0 aliphatic carbocycles. The van der Waals surface area contributed by atoms with Gasteiger partial charge in [-0.3, -0.25) is 4.79 Å². The van der Waals surface area contributed by atoms with Crippen LogP contribution in [0.15, 0.2) is 96.1 Å². The molecule has 17 nitrogen and oxygen atoms in total. The number of esters is 3. The Balaban J connectivity index is 1.43. The lowest BCUT2D eigenvalue weighted by molar-refractivity contribution is -0.373. The zero-order valence-corrected chi connectivity index (χ0v) is 31.4. The molecule has 6 rings (SSSR count). The second-order valence-electron chi connectivity index (χ2n) is 13.4. The van der Waals surface area contributed by atoms with Crippen LogP contribution in [-0.4, -0.2) is 106 Å². The number of benzene rings is 3. The second-order valence-corrected chi connectivity index (χ2v) is 13.4. The predicted molar refractivity (Wildman–Crippen MR) is 195 cm³/mol. The molecule has 3 heterocycles. The van der Waals surface area contributed by atoms with Crippen molar-refractivity contribution in [1.82, 2.24) is 0 Å². The number of carbonyl (C=O) groups excluding carboxylic acids is 4. The highest BCUT2D eigenvalue weighted by Crippen LogP contribution is 2.39. The fraction of sp³-hybridized carbons (Fsp3) is 0.450. The molecule has 3 aliphatic heterocycles. The Hall–Kier alpha value is -5.23. The zero-order chi connectivity index (χ0) is 40.3.